The molecule has 26 heavy (non-hydrogen) atoms. The number of aromatic amines is 1. The second-order valence-corrected chi connectivity index (χ2v) is 6.78. The standard InChI is InChI=1S/C18H19ClN4O3/c1-10-15(18(26)21-11(2)20-10)8-16(24)22-13-7-17(25)23(9-13)14-5-3-12(19)4-6-14/h3-6,13H,7-9H2,1-2H3,(H,22,24)(H,20,21,26)/t13-/m0/s1. The van der Waals surface area contributed by atoms with Gasteiger partial charge in [0.05, 0.1) is 12.5 Å². The van der Waals surface area contributed by atoms with E-state index in [0.29, 0.717) is 28.6 Å². The van der Waals surface area contributed by atoms with Crippen LogP contribution in [0.25, 0.3) is 0 Å². The number of anilines is 1. The van der Waals surface area contributed by atoms with Crippen molar-refractivity contribution in [3.8, 4) is 0 Å². The molecule has 8 heteroatoms. The van der Waals surface area contributed by atoms with Crippen LogP contribution in [-0.4, -0.2) is 34.4 Å². The molecule has 1 aliphatic heterocycles. The van der Waals surface area contributed by atoms with Gasteiger partial charge in [0.25, 0.3) is 5.56 Å². The van der Waals surface area contributed by atoms with Gasteiger partial charge >= 0.3 is 0 Å². The Balaban J connectivity index is 1.65. The number of nitrogens with zero attached hydrogens (tertiary/aromatic N) is 2. The zero-order valence-electron chi connectivity index (χ0n) is 14.5. The van der Waals surface area contributed by atoms with Gasteiger partial charge in [0.1, 0.15) is 5.82 Å². The van der Waals surface area contributed by atoms with Gasteiger partial charge in [-0.25, -0.2) is 4.98 Å². The molecule has 2 heterocycles. The minimum Gasteiger partial charge on any atom is -0.351 e. The summed E-state index contributed by atoms with van der Waals surface area (Å²) in [5.41, 5.74) is 1.31. The maximum atomic E-state index is 12.3. The zero-order valence-corrected chi connectivity index (χ0v) is 15.3. The predicted molar refractivity (Wildman–Crippen MR) is 98.4 cm³/mol. The van der Waals surface area contributed by atoms with Crippen molar-refractivity contribution in [2.45, 2.75) is 32.7 Å². The number of amides is 2. The molecule has 1 aromatic carbocycles. The second-order valence-electron chi connectivity index (χ2n) is 6.34. The third-order valence-corrected chi connectivity index (χ3v) is 4.56. The van der Waals surface area contributed by atoms with Crippen LogP contribution < -0.4 is 15.8 Å². The molecule has 1 aromatic heterocycles. The molecule has 1 atom stereocenters. The number of nitrogens with one attached hydrogen (secondary N) is 2. The van der Waals surface area contributed by atoms with Gasteiger partial charge < -0.3 is 15.2 Å². The van der Waals surface area contributed by atoms with E-state index in [-0.39, 0.29) is 36.3 Å². The van der Waals surface area contributed by atoms with Crippen molar-refractivity contribution in [3.63, 3.8) is 0 Å². The fourth-order valence-corrected chi connectivity index (χ4v) is 3.20. The SMILES string of the molecule is Cc1nc(C)c(CC(=O)N[C@H]2CC(=O)N(c3ccc(Cl)cc3)C2)c(=O)[nH]1. The molecular formula is C18H19ClN4O3. The lowest BCUT2D eigenvalue weighted by Gasteiger charge is -2.17. The fraction of sp³-hybridized carbons (Fsp3) is 0.333. The van der Waals surface area contributed by atoms with Crippen LogP contribution in [-0.2, 0) is 16.0 Å². The van der Waals surface area contributed by atoms with Gasteiger partial charge in [-0.3, -0.25) is 14.4 Å². The van der Waals surface area contributed by atoms with Crippen molar-refractivity contribution in [3.05, 3.63) is 56.7 Å². The molecule has 2 amide bonds. The van der Waals surface area contributed by atoms with E-state index in [1.165, 1.54) is 0 Å². The molecule has 0 unspecified atom stereocenters. The molecule has 1 aliphatic rings. The van der Waals surface area contributed by atoms with Gasteiger partial charge in [0.2, 0.25) is 11.8 Å². The Morgan fingerprint density at radius 1 is 1.31 bits per heavy atom. The van der Waals surface area contributed by atoms with E-state index in [0.717, 1.165) is 5.69 Å². The third-order valence-electron chi connectivity index (χ3n) is 4.31. The van der Waals surface area contributed by atoms with Gasteiger partial charge in [-0.1, -0.05) is 11.6 Å². The highest BCUT2D eigenvalue weighted by Crippen LogP contribution is 2.23. The van der Waals surface area contributed by atoms with Gasteiger partial charge in [0, 0.05) is 34.9 Å². The van der Waals surface area contributed by atoms with Crippen LogP contribution in [0.4, 0.5) is 5.69 Å². The minimum atomic E-state index is -0.310. The first-order chi connectivity index (χ1) is 12.3. The monoisotopic (exact) mass is 374 g/mol. The first-order valence-electron chi connectivity index (χ1n) is 8.25. The summed E-state index contributed by atoms with van der Waals surface area (Å²) in [6, 6.07) is 6.67. The minimum absolute atomic E-state index is 0.0661. The average molecular weight is 375 g/mol. The average Bonchev–Trinajstić information content (AvgIpc) is 2.92. The number of hydrogen-bond donors (Lipinski definition) is 2. The summed E-state index contributed by atoms with van der Waals surface area (Å²) in [6.45, 7) is 3.77. The summed E-state index contributed by atoms with van der Waals surface area (Å²) in [7, 11) is 0. The normalized spacial score (nSPS) is 16.8. The van der Waals surface area contributed by atoms with Crippen molar-refractivity contribution < 1.29 is 9.59 Å². The molecular weight excluding hydrogens is 356 g/mol. The first-order valence-corrected chi connectivity index (χ1v) is 8.63. The van der Waals surface area contributed by atoms with E-state index >= 15 is 0 Å². The van der Waals surface area contributed by atoms with Gasteiger partial charge in [-0.05, 0) is 38.1 Å². The van der Waals surface area contributed by atoms with Crippen LogP contribution in [0, 0.1) is 13.8 Å². The maximum absolute atomic E-state index is 12.3. The summed E-state index contributed by atoms with van der Waals surface area (Å²) in [6.07, 6.45) is 0.149. The summed E-state index contributed by atoms with van der Waals surface area (Å²) in [5, 5.41) is 3.42. The topological polar surface area (TPSA) is 95.2 Å². The van der Waals surface area contributed by atoms with Crippen molar-refractivity contribution in [1.29, 1.82) is 0 Å². The number of aryl methyl sites for hydroxylation is 2. The molecule has 0 spiro atoms. The molecule has 0 saturated carbocycles. The number of benzene rings is 1. The lowest BCUT2D eigenvalue weighted by Crippen LogP contribution is -2.39. The van der Waals surface area contributed by atoms with Crippen LogP contribution in [0.1, 0.15) is 23.5 Å². The quantitative estimate of drug-likeness (QED) is 0.847. The number of rotatable bonds is 4. The fourth-order valence-electron chi connectivity index (χ4n) is 3.07. The Morgan fingerprint density at radius 2 is 2.00 bits per heavy atom. The van der Waals surface area contributed by atoms with Crippen LogP contribution in [0.2, 0.25) is 5.02 Å². The zero-order chi connectivity index (χ0) is 18.8. The molecule has 3 rings (SSSR count). The molecule has 7 nitrogen and oxygen atoms in total. The summed E-state index contributed by atoms with van der Waals surface area (Å²) < 4.78 is 0. The number of carbonyl (C=O) groups is 2. The van der Waals surface area contributed by atoms with Gasteiger partial charge in [-0.15, -0.1) is 0 Å². The number of carbonyl (C=O) groups excluding carboxylic acids is 2. The van der Waals surface area contributed by atoms with Crippen LogP contribution in [0.15, 0.2) is 29.1 Å². The molecule has 1 fully saturated rings. The summed E-state index contributed by atoms with van der Waals surface area (Å²) in [5.74, 6) is 0.139. The number of aromatic nitrogens is 2. The Bertz CT molecular complexity index is 908. The third kappa shape index (κ3) is 3.94. The Kier molecular flexibility index (Phi) is 5.08. The number of hydrogen-bond acceptors (Lipinski definition) is 4. The van der Waals surface area contributed by atoms with E-state index in [1.54, 1.807) is 43.0 Å². The van der Waals surface area contributed by atoms with Crippen LogP contribution in [0.3, 0.4) is 0 Å². The van der Waals surface area contributed by atoms with E-state index in [4.69, 9.17) is 11.6 Å². The summed E-state index contributed by atoms with van der Waals surface area (Å²) >= 11 is 5.87. The van der Waals surface area contributed by atoms with E-state index < -0.39 is 0 Å². The largest absolute Gasteiger partial charge is 0.351 e. The van der Waals surface area contributed by atoms with E-state index in [2.05, 4.69) is 15.3 Å². The second kappa shape index (κ2) is 7.29. The van der Waals surface area contributed by atoms with Gasteiger partial charge in [-0.2, -0.15) is 0 Å². The Hall–Kier alpha value is -2.67. The van der Waals surface area contributed by atoms with Crippen LogP contribution >= 0.6 is 11.6 Å². The molecule has 0 aliphatic carbocycles. The Morgan fingerprint density at radius 3 is 2.65 bits per heavy atom. The van der Waals surface area contributed by atoms with Crippen molar-refractivity contribution in [2.24, 2.45) is 0 Å². The molecule has 2 N–H and O–H groups in total. The first kappa shape index (κ1) is 18.1. The number of H-pyrrole nitrogens is 1. The lowest BCUT2D eigenvalue weighted by atomic mass is 10.1. The van der Waals surface area contributed by atoms with Gasteiger partial charge in [0.15, 0.2) is 0 Å². The van der Waals surface area contributed by atoms with Crippen LogP contribution in [0.5, 0.6) is 0 Å². The van der Waals surface area contributed by atoms with Crippen molar-refractivity contribution in [1.82, 2.24) is 15.3 Å². The molecule has 2 aromatic rings. The van der Waals surface area contributed by atoms with E-state index in [1.807, 2.05) is 0 Å². The molecule has 0 bridgehead atoms. The maximum Gasteiger partial charge on any atom is 0.254 e. The lowest BCUT2D eigenvalue weighted by molar-refractivity contribution is -0.121. The molecule has 0 radical (unpaired) electrons. The van der Waals surface area contributed by atoms with E-state index in [9.17, 15) is 14.4 Å². The summed E-state index contributed by atoms with van der Waals surface area (Å²) in [4.78, 5) is 44.9. The highest BCUT2D eigenvalue weighted by molar-refractivity contribution is 6.30. The Labute approximate surface area is 155 Å². The predicted octanol–water partition coefficient (Wildman–Crippen LogP) is 1.50. The van der Waals surface area contributed by atoms with Crippen molar-refractivity contribution >= 4 is 29.1 Å². The molecule has 136 valence electrons. The highest BCUT2D eigenvalue weighted by atomic mass is 35.5. The molecule has 1 saturated heterocycles. The highest BCUT2D eigenvalue weighted by Gasteiger charge is 2.31. The number of halogens is 1. The smallest absolute Gasteiger partial charge is 0.254 e. The van der Waals surface area contributed by atoms with Crippen molar-refractivity contribution in [2.75, 3.05) is 11.4 Å².